The third-order valence-corrected chi connectivity index (χ3v) is 5.68. The number of hydrogen-bond acceptors (Lipinski definition) is 9. The molecule has 1 aliphatic rings. The lowest BCUT2D eigenvalue weighted by Crippen LogP contribution is -2.19. The monoisotopic (exact) mass is 477 g/mol. The molecule has 1 N–H and O–H groups in total. The number of carbonyl (C=O) groups excluding carboxylic acids is 1. The van der Waals surface area contributed by atoms with Crippen LogP contribution in [0.15, 0.2) is 55.2 Å². The number of amidine groups is 1. The normalized spacial score (nSPS) is 16.7. The Bertz CT molecular complexity index is 1140. The molecule has 0 atom stereocenters. The van der Waals surface area contributed by atoms with Crippen molar-refractivity contribution in [2.24, 2.45) is 4.99 Å². The van der Waals surface area contributed by atoms with Crippen LogP contribution in [0.5, 0.6) is 0 Å². The van der Waals surface area contributed by atoms with Gasteiger partial charge in [-0.05, 0) is 41.6 Å². The van der Waals surface area contributed by atoms with Crippen LogP contribution in [0.1, 0.15) is 5.56 Å². The van der Waals surface area contributed by atoms with Gasteiger partial charge in [0.15, 0.2) is 15.9 Å². The molecule has 0 bridgehead atoms. The van der Waals surface area contributed by atoms with Gasteiger partial charge in [0.05, 0.1) is 11.0 Å². The lowest BCUT2D eigenvalue weighted by atomic mass is 10.2. The van der Waals surface area contributed by atoms with E-state index in [-0.39, 0.29) is 17.6 Å². The molecule has 0 aliphatic carbocycles. The van der Waals surface area contributed by atoms with Gasteiger partial charge in [0.2, 0.25) is 5.13 Å². The molecule has 140 valence electrons. The first kappa shape index (κ1) is 18.5. The molecule has 0 spiro atoms. The van der Waals surface area contributed by atoms with Crippen molar-refractivity contribution in [1.82, 2.24) is 15.5 Å². The maximum atomic E-state index is 12.1. The third-order valence-electron chi connectivity index (χ3n) is 3.41. The van der Waals surface area contributed by atoms with E-state index in [2.05, 4.69) is 36.4 Å². The zero-order chi connectivity index (χ0) is 19.7. The van der Waals surface area contributed by atoms with E-state index in [1.54, 1.807) is 6.08 Å². The Hall–Kier alpha value is -2.83. The SMILES string of the molecule is O=C1NC(=Nc2nnc(-c3ccc([N+](=O)[O-])o3)s2)SC1=Cc1ccc(Br)cc1. The van der Waals surface area contributed by atoms with E-state index in [0.717, 1.165) is 21.4 Å². The average Bonchev–Trinajstić information content (AvgIpc) is 3.38. The van der Waals surface area contributed by atoms with Gasteiger partial charge < -0.3 is 9.73 Å². The van der Waals surface area contributed by atoms with Gasteiger partial charge in [-0.3, -0.25) is 14.9 Å². The summed E-state index contributed by atoms with van der Waals surface area (Å²) in [7, 11) is 0. The first-order valence-corrected chi connectivity index (χ1v) is 10.0. The lowest BCUT2D eigenvalue weighted by molar-refractivity contribution is -0.401. The Morgan fingerprint density at radius 2 is 2.00 bits per heavy atom. The Labute approximate surface area is 173 Å². The lowest BCUT2D eigenvalue weighted by Gasteiger charge is -1.95. The molecule has 1 aromatic carbocycles. The highest BCUT2D eigenvalue weighted by Gasteiger charge is 2.24. The highest BCUT2D eigenvalue weighted by molar-refractivity contribution is 9.10. The number of nitrogens with zero attached hydrogens (tertiary/aromatic N) is 4. The molecule has 1 aliphatic heterocycles. The average molecular weight is 478 g/mol. The molecule has 28 heavy (non-hydrogen) atoms. The molecular formula is C16H8BrN5O4S2. The van der Waals surface area contributed by atoms with Crippen LogP contribution in [-0.4, -0.2) is 26.2 Å². The smallest absolute Gasteiger partial charge is 0.398 e. The number of thioether (sulfide) groups is 1. The number of halogens is 1. The number of hydrogen-bond donors (Lipinski definition) is 1. The largest absolute Gasteiger partial charge is 0.433 e. The fourth-order valence-electron chi connectivity index (χ4n) is 2.18. The quantitative estimate of drug-likeness (QED) is 0.336. The van der Waals surface area contributed by atoms with Crippen LogP contribution in [0.2, 0.25) is 0 Å². The zero-order valence-electron chi connectivity index (χ0n) is 13.7. The van der Waals surface area contributed by atoms with Crippen molar-refractivity contribution in [2.75, 3.05) is 0 Å². The number of aromatic nitrogens is 2. The molecule has 1 amide bonds. The number of rotatable bonds is 4. The van der Waals surface area contributed by atoms with E-state index in [1.165, 1.54) is 23.9 Å². The minimum atomic E-state index is -0.629. The van der Waals surface area contributed by atoms with Crippen LogP contribution >= 0.6 is 39.0 Å². The molecule has 3 aromatic rings. The second kappa shape index (κ2) is 7.66. The standard InChI is InChI=1S/C16H8BrN5O4S2/c17-9-3-1-8(2-4-9)7-11-13(23)18-15(27-11)19-16-21-20-14(28-16)10-5-6-12(26-10)22(24)25/h1-7H,(H,18,19,21,23). The van der Waals surface area contributed by atoms with E-state index in [1.807, 2.05) is 24.3 Å². The molecule has 1 fully saturated rings. The fourth-order valence-corrected chi connectivity index (χ4v) is 4.01. The Kier molecular flexibility index (Phi) is 5.07. The topological polar surface area (TPSA) is 124 Å². The van der Waals surface area contributed by atoms with E-state index >= 15 is 0 Å². The van der Waals surface area contributed by atoms with E-state index < -0.39 is 4.92 Å². The van der Waals surface area contributed by atoms with Gasteiger partial charge in [-0.15, -0.1) is 10.2 Å². The first-order chi connectivity index (χ1) is 13.5. The summed E-state index contributed by atoms with van der Waals surface area (Å²) in [5.41, 5.74) is 0.889. The molecule has 3 heterocycles. The summed E-state index contributed by atoms with van der Waals surface area (Å²) in [6, 6.07) is 10.2. The van der Waals surface area contributed by atoms with E-state index in [4.69, 9.17) is 4.42 Å². The number of nitrogens with one attached hydrogen (secondary N) is 1. The highest BCUT2D eigenvalue weighted by Crippen LogP contribution is 2.33. The molecule has 9 nitrogen and oxygen atoms in total. The number of benzene rings is 1. The van der Waals surface area contributed by atoms with Crippen LogP contribution in [0.3, 0.4) is 0 Å². The summed E-state index contributed by atoms with van der Waals surface area (Å²) >= 11 is 5.65. The second-order valence-corrected chi connectivity index (χ2v) is 8.22. The number of carbonyl (C=O) groups is 1. The van der Waals surface area contributed by atoms with E-state index in [0.29, 0.717) is 20.2 Å². The number of furan rings is 1. The summed E-state index contributed by atoms with van der Waals surface area (Å²) in [6.45, 7) is 0. The van der Waals surface area contributed by atoms with Crippen LogP contribution < -0.4 is 5.32 Å². The molecule has 0 radical (unpaired) electrons. The molecular weight excluding hydrogens is 470 g/mol. The van der Waals surface area contributed by atoms with Crippen LogP contribution in [-0.2, 0) is 4.79 Å². The summed E-state index contributed by atoms with van der Waals surface area (Å²) in [6.07, 6.45) is 1.77. The molecule has 1 saturated heterocycles. The van der Waals surface area contributed by atoms with Crippen LogP contribution in [0.25, 0.3) is 16.8 Å². The van der Waals surface area contributed by atoms with Crippen molar-refractivity contribution in [3.05, 3.63) is 61.5 Å². The van der Waals surface area contributed by atoms with Gasteiger partial charge in [0.25, 0.3) is 5.91 Å². The zero-order valence-corrected chi connectivity index (χ0v) is 16.9. The van der Waals surface area contributed by atoms with Crippen molar-refractivity contribution in [2.45, 2.75) is 0 Å². The highest BCUT2D eigenvalue weighted by atomic mass is 79.9. The van der Waals surface area contributed by atoms with E-state index in [9.17, 15) is 14.9 Å². The maximum Gasteiger partial charge on any atom is 0.433 e. The van der Waals surface area contributed by atoms with Gasteiger partial charge in [0.1, 0.15) is 4.92 Å². The Balaban J connectivity index is 1.52. The summed E-state index contributed by atoms with van der Waals surface area (Å²) in [5, 5.41) is 22.2. The van der Waals surface area contributed by atoms with Crippen molar-refractivity contribution in [1.29, 1.82) is 0 Å². The maximum absolute atomic E-state index is 12.1. The van der Waals surface area contributed by atoms with Gasteiger partial charge in [-0.1, -0.05) is 39.4 Å². The summed E-state index contributed by atoms with van der Waals surface area (Å²) in [5.74, 6) is -0.396. The summed E-state index contributed by atoms with van der Waals surface area (Å²) in [4.78, 5) is 27.0. The van der Waals surface area contributed by atoms with Gasteiger partial charge >= 0.3 is 5.88 Å². The van der Waals surface area contributed by atoms with Crippen molar-refractivity contribution >= 4 is 67.2 Å². The van der Waals surface area contributed by atoms with Gasteiger partial charge in [0, 0.05) is 4.47 Å². The summed E-state index contributed by atoms with van der Waals surface area (Å²) < 4.78 is 6.05. The van der Waals surface area contributed by atoms with Crippen molar-refractivity contribution in [3.8, 4) is 10.8 Å². The fraction of sp³-hybridized carbons (Fsp3) is 0. The molecule has 0 unspecified atom stereocenters. The Morgan fingerprint density at radius 3 is 2.71 bits per heavy atom. The van der Waals surface area contributed by atoms with Gasteiger partial charge in [-0.25, -0.2) is 0 Å². The van der Waals surface area contributed by atoms with Gasteiger partial charge in [-0.2, -0.15) is 4.99 Å². The molecule has 4 rings (SSSR count). The van der Waals surface area contributed by atoms with Crippen LogP contribution in [0.4, 0.5) is 11.0 Å². The Morgan fingerprint density at radius 1 is 1.21 bits per heavy atom. The minimum Gasteiger partial charge on any atom is -0.398 e. The second-order valence-electron chi connectivity index (χ2n) is 5.32. The third kappa shape index (κ3) is 4.03. The number of nitro groups is 1. The molecule has 2 aromatic heterocycles. The first-order valence-electron chi connectivity index (χ1n) is 7.61. The molecule has 12 heteroatoms. The predicted molar refractivity (Wildman–Crippen MR) is 109 cm³/mol. The van der Waals surface area contributed by atoms with Crippen LogP contribution in [0, 0.1) is 10.1 Å². The minimum absolute atomic E-state index is 0.231. The number of amides is 1. The van der Waals surface area contributed by atoms with Crippen molar-refractivity contribution in [3.63, 3.8) is 0 Å². The predicted octanol–water partition coefficient (Wildman–Crippen LogP) is 4.36. The molecule has 0 saturated carbocycles. The number of aliphatic imine (C=N–C) groups is 1. The van der Waals surface area contributed by atoms with Crippen molar-refractivity contribution < 1.29 is 14.1 Å².